The van der Waals surface area contributed by atoms with Crippen LogP contribution in [0.25, 0.3) is 55.3 Å². The zero-order valence-electron chi connectivity index (χ0n) is 21.8. The minimum atomic E-state index is 0.0351. The largest absolute Gasteiger partial charge is 0.491 e. The molecule has 0 radical (unpaired) electrons. The first-order valence-electron chi connectivity index (χ1n) is 13.2. The fraction of sp³-hybridized carbons (Fsp3) is 0.241. The summed E-state index contributed by atoms with van der Waals surface area (Å²) in [6, 6.07) is 9.59. The Hall–Kier alpha value is -4.48. The Morgan fingerprint density at radius 3 is 2.80 bits per heavy atom. The summed E-state index contributed by atoms with van der Waals surface area (Å²) in [5.74, 6) is 1.38. The molecule has 10 nitrogen and oxygen atoms in total. The van der Waals surface area contributed by atoms with Gasteiger partial charge in [0.15, 0.2) is 11.6 Å². The molecule has 1 saturated heterocycles. The summed E-state index contributed by atoms with van der Waals surface area (Å²) in [4.78, 5) is 37.7. The first-order valence-corrected chi connectivity index (χ1v) is 14.0. The van der Waals surface area contributed by atoms with E-state index in [0.29, 0.717) is 23.0 Å². The number of likely N-dealkylation sites (tertiary alicyclic amines) is 1. The lowest BCUT2D eigenvalue weighted by atomic mass is 10.1. The van der Waals surface area contributed by atoms with Crippen molar-refractivity contribution in [1.82, 2.24) is 40.0 Å². The molecule has 6 aromatic heterocycles. The van der Waals surface area contributed by atoms with Crippen LogP contribution in [-0.2, 0) is 0 Å². The number of H-pyrrole nitrogens is 2. The third kappa shape index (κ3) is 4.63. The predicted molar refractivity (Wildman–Crippen MR) is 154 cm³/mol. The Morgan fingerprint density at radius 2 is 1.95 bits per heavy atom. The molecule has 0 bridgehead atoms. The van der Waals surface area contributed by atoms with Crippen LogP contribution in [0.4, 0.5) is 0 Å². The molecule has 1 aliphatic rings. The SMILES string of the molecule is CC(=O)c1ccc(-c2nccc3[nH]c(-c4n[nH]c5cnc(-c6cncc(OCCN7CCCC7)c6)cc45)nc23)s1. The number of fused-ring (bicyclic) bond motifs is 2. The van der Waals surface area contributed by atoms with Crippen molar-refractivity contribution in [2.24, 2.45) is 0 Å². The van der Waals surface area contributed by atoms with E-state index in [1.54, 1.807) is 31.7 Å². The Labute approximate surface area is 233 Å². The number of ether oxygens (including phenoxy) is 1. The molecule has 0 saturated carbocycles. The molecule has 0 spiro atoms. The molecule has 6 aromatic rings. The molecule has 200 valence electrons. The normalized spacial score (nSPS) is 13.9. The summed E-state index contributed by atoms with van der Waals surface area (Å²) in [5.41, 5.74) is 5.40. The highest BCUT2D eigenvalue weighted by Crippen LogP contribution is 2.34. The Balaban J connectivity index is 1.20. The lowest BCUT2D eigenvalue weighted by molar-refractivity contribution is 0.102. The summed E-state index contributed by atoms with van der Waals surface area (Å²) in [6.07, 6.45) is 9.57. The first kappa shape index (κ1) is 24.6. The van der Waals surface area contributed by atoms with Gasteiger partial charge in [-0.3, -0.25) is 29.7 Å². The highest BCUT2D eigenvalue weighted by molar-refractivity contribution is 7.17. The maximum Gasteiger partial charge on any atom is 0.169 e. The minimum absolute atomic E-state index is 0.0351. The maximum absolute atomic E-state index is 11.8. The van der Waals surface area contributed by atoms with E-state index in [1.807, 2.05) is 30.3 Å². The van der Waals surface area contributed by atoms with Gasteiger partial charge in [-0.05, 0) is 63.2 Å². The third-order valence-corrected chi connectivity index (χ3v) is 8.34. The number of aromatic amines is 2. The average molecular weight is 551 g/mol. The third-order valence-electron chi connectivity index (χ3n) is 7.14. The summed E-state index contributed by atoms with van der Waals surface area (Å²) >= 11 is 1.42. The van der Waals surface area contributed by atoms with Crippen LogP contribution in [-0.4, -0.2) is 72.0 Å². The van der Waals surface area contributed by atoms with Gasteiger partial charge in [-0.25, -0.2) is 4.98 Å². The van der Waals surface area contributed by atoms with Crippen LogP contribution in [0.1, 0.15) is 29.4 Å². The van der Waals surface area contributed by atoms with Crippen LogP contribution in [0.15, 0.2) is 55.1 Å². The van der Waals surface area contributed by atoms with Gasteiger partial charge in [0.2, 0.25) is 0 Å². The van der Waals surface area contributed by atoms with Gasteiger partial charge in [0.25, 0.3) is 0 Å². The van der Waals surface area contributed by atoms with Crippen molar-refractivity contribution in [2.45, 2.75) is 19.8 Å². The van der Waals surface area contributed by atoms with E-state index in [-0.39, 0.29) is 5.78 Å². The second kappa shape index (κ2) is 10.2. The van der Waals surface area contributed by atoms with Gasteiger partial charge in [-0.2, -0.15) is 5.10 Å². The molecule has 7 heterocycles. The quantitative estimate of drug-likeness (QED) is 0.243. The number of nitrogens with one attached hydrogen (secondary N) is 2. The summed E-state index contributed by atoms with van der Waals surface area (Å²) in [6.45, 7) is 5.42. The molecular formula is C29H26N8O2S. The fourth-order valence-corrected chi connectivity index (χ4v) is 5.97. The van der Waals surface area contributed by atoms with Crippen LogP contribution in [0.2, 0.25) is 0 Å². The molecule has 0 unspecified atom stereocenters. The van der Waals surface area contributed by atoms with Crippen molar-refractivity contribution in [3.05, 3.63) is 60.0 Å². The molecule has 0 atom stereocenters. The molecule has 0 amide bonds. The summed E-state index contributed by atoms with van der Waals surface area (Å²) in [5, 5.41) is 8.51. The Kier molecular flexibility index (Phi) is 6.29. The standard InChI is InChI=1S/C29H26N8O2S/c1-17(38)24-4-5-25(40-24)28-27-21(6-7-31-28)33-29(34-27)26-20-13-22(32-16-23(20)35-36-26)18-12-19(15-30-14-18)39-11-10-37-8-2-3-9-37/h4-7,12-16H,2-3,8-11H2,1H3,(H,33,34)(H,35,36). The lowest BCUT2D eigenvalue weighted by Crippen LogP contribution is -2.25. The molecule has 2 N–H and O–H groups in total. The minimum Gasteiger partial charge on any atom is -0.491 e. The molecule has 11 heteroatoms. The Bertz CT molecular complexity index is 1850. The zero-order valence-corrected chi connectivity index (χ0v) is 22.7. The second-order valence-corrected chi connectivity index (χ2v) is 10.9. The van der Waals surface area contributed by atoms with Gasteiger partial charge < -0.3 is 9.72 Å². The number of hydrogen-bond acceptors (Lipinski definition) is 9. The highest BCUT2D eigenvalue weighted by Gasteiger charge is 2.18. The second-order valence-electron chi connectivity index (χ2n) is 9.86. The van der Waals surface area contributed by atoms with E-state index >= 15 is 0 Å². The molecule has 0 aromatic carbocycles. The number of thiophene rings is 1. The number of aromatic nitrogens is 7. The summed E-state index contributed by atoms with van der Waals surface area (Å²) < 4.78 is 6.00. The molecule has 7 rings (SSSR count). The monoisotopic (exact) mass is 550 g/mol. The van der Waals surface area contributed by atoms with Gasteiger partial charge in [-0.15, -0.1) is 11.3 Å². The zero-order chi connectivity index (χ0) is 27.1. The molecule has 1 fully saturated rings. The van der Waals surface area contributed by atoms with Gasteiger partial charge in [0.1, 0.15) is 29.3 Å². The lowest BCUT2D eigenvalue weighted by Gasteiger charge is -2.15. The van der Waals surface area contributed by atoms with E-state index in [4.69, 9.17) is 9.72 Å². The number of carbonyl (C=O) groups is 1. The predicted octanol–water partition coefficient (Wildman–Crippen LogP) is 5.36. The van der Waals surface area contributed by atoms with Gasteiger partial charge in [-0.1, -0.05) is 0 Å². The van der Waals surface area contributed by atoms with Crippen LogP contribution in [0.5, 0.6) is 5.75 Å². The number of pyridine rings is 3. The van der Waals surface area contributed by atoms with Gasteiger partial charge >= 0.3 is 0 Å². The topological polar surface area (TPSA) is 126 Å². The molecule has 0 aliphatic carbocycles. The number of carbonyl (C=O) groups excluding carboxylic acids is 1. The van der Waals surface area contributed by atoms with E-state index in [2.05, 4.69) is 35.0 Å². The number of rotatable bonds is 8. The van der Waals surface area contributed by atoms with Crippen LogP contribution in [0.3, 0.4) is 0 Å². The molecule has 40 heavy (non-hydrogen) atoms. The van der Waals surface area contributed by atoms with Crippen molar-refractivity contribution < 1.29 is 9.53 Å². The highest BCUT2D eigenvalue weighted by atomic mass is 32.1. The van der Waals surface area contributed by atoms with Crippen LogP contribution < -0.4 is 4.74 Å². The fourth-order valence-electron chi connectivity index (χ4n) is 5.07. The van der Waals surface area contributed by atoms with E-state index in [9.17, 15) is 4.79 Å². The average Bonchev–Trinajstić information content (AvgIpc) is 3.78. The molecule has 1 aliphatic heterocycles. The summed E-state index contributed by atoms with van der Waals surface area (Å²) in [7, 11) is 0. The number of ketones is 1. The number of hydrogen-bond donors (Lipinski definition) is 2. The number of nitrogens with zero attached hydrogens (tertiary/aromatic N) is 6. The Morgan fingerprint density at radius 1 is 1.05 bits per heavy atom. The van der Waals surface area contributed by atoms with Gasteiger partial charge in [0.05, 0.1) is 38.9 Å². The van der Waals surface area contributed by atoms with Crippen molar-refractivity contribution in [3.8, 4) is 39.1 Å². The smallest absolute Gasteiger partial charge is 0.169 e. The van der Waals surface area contributed by atoms with Crippen LogP contribution >= 0.6 is 11.3 Å². The van der Waals surface area contributed by atoms with Crippen LogP contribution in [0, 0.1) is 0 Å². The van der Waals surface area contributed by atoms with E-state index < -0.39 is 0 Å². The molecular weight excluding hydrogens is 524 g/mol. The van der Waals surface area contributed by atoms with E-state index in [1.165, 1.54) is 24.2 Å². The number of Topliss-reactive ketones (excluding diaryl/α,β-unsaturated/α-hetero) is 1. The van der Waals surface area contributed by atoms with Gasteiger partial charge in [0, 0.05) is 29.9 Å². The van der Waals surface area contributed by atoms with Crippen molar-refractivity contribution in [2.75, 3.05) is 26.2 Å². The van der Waals surface area contributed by atoms with Crippen molar-refractivity contribution in [3.63, 3.8) is 0 Å². The number of imidazole rings is 1. The first-order chi connectivity index (χ1) is 19.6. The van der Waals surface area contributed by atoms with E-state index in [0.717, 1.165) is 69.1 Å². The van der Waals surface area contributed by atoms with Crippen molar-refractivity contribution >= 4 is 39.1 Å². The van der Waals surface area contributed by atoms with Crippen molar-refractivity contribution in [1.29, 1.82) is 0 Å². The maximum atomic E-state index is 11.8.